The molecule has 2 heterocycles. The minimum Gasteiger partial charge on any atom is -0.508 e. The van der Waals surface area contributed by atoms with E-state index in [2.05, 4.69) is 0 Å². The van der Waals surface area contributed by atoms with Crippen LogP contribution in [0.3, 0.4) is 0 Å². The summed E-state index contributed by atoms with van der Waals surface area (Å²) in [6.45, 7) is 0.152. The van der Waals surface area contributed by atoms with Gasteiger partial charge in [-0.2, -0.15) is 0 Å². The average molecular weight is 407 g/mol. The fourth-order valence-electron chi connectivity index (χ4n) is 3.45. The molecule has 7 heteroatoms. The van der Waals surface area contributed by atoms with Crippen molar-refractivity contribution in [3.63, 3.8) is 0 Å². The molecule has 1 aromatic heterocycles. The predicted octanol–water partition coefficient (Wildman–Crippen LogP) is 3.78. The van der Waals surface area contributed by atoms with Crippen LogP contribution in [0, 0.1) is 0 Å². The second-order valence-corrected chi connectivity index (χ2v) is 7.65. The lowest BCUT2D eigenvalue weighted by molar-refractivity contribution is -0.140. The number of phenols is 2. The van der Waals surface area contributed by atoms with E-state index in [-0.39, 0.29) is 34.9 Å². The fourth-order valence-corrected chi connectivity index (χ4v) is 4.15. The molecule has 0 radical (unpaired) electrons. The van der Waals surface area contributed by atoms with Crippen molar-refractivity contribution < 1.29 is 24.9 Å². The third kappa shape index (κ3) is 3.36. The van der Waals surface area contributed by atoms with Crippen LogP contribution in [0.15, 0.2) is 71.6 Å². The number of thiophene rings is 1. The lowest BCUT2D eigenvalue weighted by atomic mass is 9.94. The molecule has 0 aliphatic carbocycles. The number of nitrogens with zero attached hydrogens (tertiary/aromatic N) is 1. The third-order valence-corrected chi connectivity index (χ3v) is 5.66. The van der Waals surface area contributed by atoms with Crippen molar-refractivity contribution in [2.24, 2.45) is 0 Å². The number of carbonyl (C=O) groups excluding carboxylic acids is 2. The van der Waals surface area contributed by atoms with Crippen LogP contribution in [0.5, 0.6) is 11.5 Å². The van der Waals surface area contributed by atoms with Crippen LogP contribution in [0.2, 0.25) is 0 Å². The monoisotopic (exact) mass is 407 g/mol. The van der Waals surface area contributed by atoms with Gasteiger partial charge < -0.3 is 20.2 Å². The number of Topliss-reactive ketones (excluding diaryl/α,β-unsaturated/α-hetero) is 1. The van der Waals surface area contributed by atoms with Gasteiger partial charge in [0.2, 0.25) is 0 Å². The first-order valence-electron chi connectivity index (χ1n) is 8.85. The molecule has 3 aromatic rings. The van der Waals surface area contributed by atoms with Gasteiger partial charge in [-0.3, -0.25) is 9.59 Å². The molecule has 0 saturated carbocycles. The Labute approximate surface area is 170 Å². The minimum atomic E-state index is -0.988. The Morgan fingerprint density at radius 1 is 1.00 bits per heavy atom. The number of hydrogen-bond acceptors (Lipinski definition) is 6. The zero-order valence-corrected chi connectivity index (χ0v) is 16.0. The predicted molar refractivity (Wildman–Crippen MR) is 108 cm³/mol. The summed E-state index contributed by atoms with van der Waals surface area (Å²) in [5, 5.41) is 32.8. The number of rotatable bonds is 4. The van der Waals surface area contributed by atoms with E-state index in [9.17, 15) is 24.9 Å². The second kappa shape index (κ2) is 7.44. The average Bonchev–Trinajstić information content (AvgIpc) is 3.31. The lowest BCUT2D eigenvalue weighted by Crippen LogP contribution is -2.28. The number of aliphatic hydroxyl groups excluding tert-OH is 1. The Hall–Kier alpha value is -3.58. The van der Waals surface area contributed by atoms with Crippen molar-refractivity contribution in [2.75, 3.05) is 0 Å². The molecular weight excluding hydrogens is 390 g/mol. The van der Waals surface area contributed by atoms with E-state index in [0.717, 1.165) is 10.9 Å². The zero-order chi connectivity index (χ0) is 20.5. The minimum absolute atomic E-state index is 0.0984. The number of ketones is 1. The Morgan fingerprint density at radius 2 is 1.76 bits per heavy atom. The van der Waals surface area contributed by atoms with Crippen molar-refractivity contribution in [1.82, 2.24) is 4.90 Å². The summed E-state index contributed by atoms with van der Waals surface area (Å²) >= 11 is 1.44. The third-order valence-electron chi connectivity index (χ3n) is 4.80. The number of aliphatic hydroxyl groups is 1. The van der Waals surface area contributed by atoms with Crippen LogP contribution in [-0.2, 0) is 16.1 Å². The summed E-state index contributed by atoms with van der Waals surface area (Å²) in [6, 6.07) is 15.1. The molecule has 1 fully saturated rings. The van der Waals surface area contributed by atoms with E-state index in [1.54, 1.807) is 30.3 Å². The van der Waals surface area contributed by atoms with Crippen LogP contribution >= 0.6 is 11.3 Å². The molecule has 6 nitrogen and oxygen atoms in total. The SMILES string of the molecule is O=C1C(=O)N(Cc2cccs2)C(c2ccc(O)cc2O)/C1=C(\O)c1ccccc1. The summed E-state index contributed by atoms with van der Waals surface area (Å²) in [7, 11) is 0. The van der Waals surface area contributed by atoms with Crippen LogP contribution in [0.1, 0.15) is 22.0 Å². The van der Waals surface area contributed by atoms with Crippen molar-refractivity contribution in [3.8, 4) is 11.5 Å². The van der Waals surface area contributed by atoms with E-state index >= 15 is 0 Å². The van der Waals surface area contributed by atoms with E-state index in [0.29, 0.717) is 5.56 Å². The van der Waals surface area contributed by atoms with Crippen LogP contribution in [0.4, 0.5) is 0 Å². The van der Waals surface area contributed by atoms with E-state index in [4.69, 9.17) is 0 Å². The number of aromatic hydroxyl groups is 2. The van der Waals surface area contributed by atoms with Crippen molar-refractivity contribution in [3.05, 3.63) is 87.6 Å². The maximum atomic E-state index is 12.9. The Kier molecular flexibility index (Phi) is 4.82. The molecular formula is C22H17NO5S. The standard InChI is InChI=1S/C22H17NO5S/c24-14-8-9-16(17(25)11-14)19-18(20(26)13-5-2-1-3-6-13)21(27)22(28)23(19)12-15-7-4-10-29-15/h1-11,19,24-26H,12H2/b20-18+. The van der Waals surface area contributed by atoms with Gasteiger partial charge in [-0.15, -0.1) is 11.3 Å². The van der Waals surface area contributed by atoms with Gasteiger partial charge >= 0.3 is 0 Å². The summed E-state index contributed by atoms with van der Waals surface area (Å²) in [4.78, 5) is 27.9. The molecule has 2 aromatic carbocycles. The maximum absolute atomic E-state index is 12.9. The molecule has 0 bridgehead atoms. The maximum Gasteiger partial charge on any atom is 0.295 e. The van der Waals surface area contributed by atoms with Gasteiger partial charge in [0, 0.05) is 22.1 Å². The lowest BCUT2D eigenvalue weighted by Gasteiger charge is -2.25. The number of phenolic OH excluding ortho intramolecular Hbond substituents is 2. The molecule has 1 atom stereocenters. The van der Waals surface area contributed by atoms with Gasteiger partial charge in [-0.1, -0.05) is 36.4 Å². The fraction of sp³-hybridized carbons (Fsp3) is 0.0909. The smallest absolute Gasteiger partial charge is 0.295 e. The Morgan fingerprint density at radius 3 is 2.41 bits per heavy atom. The van der Waals surface area contributed by atoms with Crippen molar-refractivity contribution >= 4 is 28.8 Å². The summed E-state index contributed by atoms with van der Waals surface area (Å²) in [5.74, 6) is -2.31. The van der Waals surface area contributed by atoms with Gasteiger partial charge in [0.15, 0.2) is 0 Å². The molecule has 1 saturated heterocycles. The van der Waals surface area contributed by atoms with Crippen LogP contribution in [0.25, 0.3) is 5.76 Å². The molecule has 1 aliphatic rings. The first-order chi connectivity index (χ1) is 14.0. The van der Waals surface area contributed by atoms with Gasteiger partial charge in [0.1, 0.15) is 17.3 Å². The quantitative estimate of drug-likeness (QED) is 0.347. The van der Waals surface area contributed by atoms with Crippen LogP contribution in [-0.4, -0.2) is 31.9 Å². The Balaban J connectivity index is 1.90. The van der Waals surface area contributed by atoms with Crippen molar-refractivity contribution in [2.45, 2.75) is 12.6 Å². The molecule has 1 unspecified atom stereocenters. The van der Waals surface area contributed by atoms with E-state index < -0.39 is 17.7 Å². The van der Waals surface area contributed by atoms with Crippen LogP contribution < -0.4 is 0 Å². The second-order valence-electron chi connectivity index (χ2n) is 6.62. The molecule has 4 rings (SSSR count). The van der Waals surface area contributed by atoms with Gasteiger partial charge in [0.05, 0.1) is 18.2 Å². The topological polar surface area (TPSA) is 98.1 Å². The molecule has 3 N–H and O–H groups in total. The Bertz CT molecular complexity index is 1110. The summed E-state index contributed by atoms with van der Waals surface area (Å²) < 4.78 is 0. The zero-order valence-electron chi connectivity index (χ0n) is 15.1. The molecule has 29 heavy (non-hydrogen) atoms. The van der Waals surface area contributed by atoms with Gasteiger partial charge in [-0.05, 0) is 23.6 Å². The molecule has 1 amide bonds. The molecule has 1 aliphatic heterocycles. The summed E-state index contributed by atoms with van der Waals surface area (Å²) in [5.41, 5.74) is 0.541. The van der Waals surface area contributed by atoms with Crippen molar-refractivity contribution in [1.29, 1.82) is 0 Å². The van der Waals surface area contributed by atoms with E-state index in [1.165, 1.54) is 28.4 Å². The summed E-state index contributed by atoms with van der Waals surface area (Å²) in [6.07, 6.45) is 0. The largest absolute Gasteiger partial charge is 0.508 e. The number of carbonyl (C=O) groups is 2. The highest BCUT2D eigenvalue weighted by atomic mass is 32.1. The number of amides is 1. The number of hydrogen-bond donors (Lipinski definition) is 3. The highest BCUT2D eigenvalue weighted by Gasteiger charge is 2.47. The van der Waals surface area contributed by atoms with E-state index in [1.807, 2.05) is 17.5 Å². The first kappa shape index (κ1) is 18.8. The molecule has 0 spiro atoms. The number of likely N-dealkylation sites (tertiary alicyclic amines) is 1. The van der Waals surface area contributed by atoms with Gasteiger partial charge in [0.25, 0.3) is 11.7 Å². The normalized spacial score (nSPS) is 18.3. The number of benzene rings is 2. The highest BCUT2D eigenvalue weighted by Crippen LogP contribution is 2.44. The van der Waals surface area contributed by atoms with Gasteiger partial charge in [-0.25, -0.2) is 0 Å². The molecule has 146 valence electrons. The first-order valence-corrected chi connectivity index (χ1v) is 9.73. The highest BCUT2D eigenvalue weighted by molar-refractivity contribution is 7.09.